The maximum atomic E-state index is 14.0. The molecular weight excluding hydrogens is 529 g/mol. The standard InChI is InChI=1S/C27H29F3N6O4/c1-35(26(38)33-15-18-3-2-4-22(29)25(18)30)21(13-24(37)36-9-7-31-8-10-36)16-40-27(39)34-23-12-19-11-20(28)6-5-17(19)14-32-23/h2-6,11-12,14,21,31H,7-10,13,15-16H2,1H3,(H,33,38)(H,32,34,39)/t21-/m0/s1. The van der Waals surface area contributed by atoms with E-state index in [2.05, 4.69) is 20.9 Å². The van der Waals surface area contributed by atoms with Crippen LogP contribution in [0.4, 0.5) is 28.6 Å². The highest BCUT2D eigenvalue weighted by Gasteiger charge is 2.27. The van der Waals surface area contributed by atoms with E-state index in [-0.39, 0.29) is 36.9 Å². The molecule has 1 saturated heterocycles. The normalized spacial score (nSPS) is 13.9. The summed E-state index contributed by atoms with van der Waals surface area (Å²) < 4.78 is 46.4. The van der Waals surface area contributed by atoms with Gasteiger partial charge >= 0.3 is 12.1 Å². The Kier molecular flexibility index (Phi) is 9.38. The summed E-state index contributed by atoms with van der Waals surface area (Å²) in [5.41, 5.74) is -0.0476. The van der Waals surface area contributed by atoms with Crippen molar-refractivity contribution < 1.29 is 32.3 Å². The van der Waals surface area contributed by atoms with Gasteiger partial charge < -0.3 is 25.2 Å². The van der Waals surface area contributed by atoms with Crippen molar-refractivity contribution in [3.63, 3.8) is 0 Å². The first kappa shape index (κ1) is 28.6. The molecule has 4 rings (SSSR count). The van der Waals surface area contributed by atoms with Crippen LogP contribution in [0.5, 0.6) is 0 Å². The average molecular weight is 559 g/mol. The molecule has 1 atom stereocenters. The van der Waals surface area contributed by atoms with E-state index in [1.807, 2.05) is 0 Å². The molecule has 3 aromatic rings. The molecule has 0 bridgehead atoms. The molecule has 1 aliphatic rings. The van der Waals surface area contributed by atoms with Crippen molar-refractivity contribution >= 4 is 34.6 Å². The third-order valence-corrected chi connectivity index (χ3v) is 6.53. The van der Waals surface area contributed by atoms with Gasteiger partial charge in [-0.1, -0.05) is 12.1 Å². The second-order valence-corrected chi connectivity index (χ2v) is 9.26. The van der Waals surface area contributed by atoms with Gasteiger partial charge in [0.05, 0.1) is 12.5 Å². The van der Waals surface area contributed by atoms with Gasteiger partial charge in [-0.25, -0.2) is 27.7 Å². The maximum absolute atomic E-state index is 14.0. The molecule has 2 heterocycles. The Labute approximate surface area is 228 Å². The van der Waals surface area contributed by atoms with E-state index in [1.165, 1.54) is 48.5 Å². The van der Waals surface area contributed by atoms with Crippen LogP contribution in [0.15, 0.2) is 48.7 Å². The van der Waals surface area contributed by atoms with Crippen molar-refractivity contribution in [2.45, 2.75) is 19.0 Å². The molecule has 212 valence electrons. The van der Waals surface area contributed by atoms with Crippen LogP contribution in [-0.4, -0.2) is 78.7 Å². The number of urea groups is 1. The summed E-state index contributed by atoms with van der Waals surface area (Å²) >= 11 is 0. The fraction of sp³-hybridized carbons (Fsp3) is 0.333. The van der Waals surface area contributed by atoms with E-state index in [1.54, 1.807) is 11.0 Å². The number of nitrogens with zero attached hydrogens (tertiary/aromatic N) is 3. The van der Waals surface area contributed by atoms with Crippen molar-refractivity contribution in [2.75, 3.05) is 45.2 Å². The van der Waals surface area contributed by atoms with Crippen LogP contribution in [0, 0.1) is 17.5 Å². The number of ether oxygens (including phenoxy) is 1. The Bertz CT molecular complexity index is 1390. The molecule has 40 heavy (non-hydrogen) atoms. The van der Waals surface area contributed by atoms with E-state index < -0.39 is 35.6 Å². The van der Waals surface area contributed by atoms with E-state index in [4.69, 9.17) is 4.74 Å². The van der Waals surface area contributed by atoms with E-state index in [0.717, 1.165) is 6.07 Å². The first-order valence-corrected chi connectivity index (χ1v) is 12.6. The number of likely N-dealkylation sites (N-methyl/N-ethyl adjacent to an activating group) is 1. The lowest BCUT2D eigenvalue weighted by molar-refractivity contribution is -0.133. The monoisotopic (exact) mass is 558 g/mol. The molecule has 1 aliphatic heterocycles. The molecule has 3 N–H and O–H groups in total. The van der Waals surface area contributed by atoms with Crippen LogP contribution in [0.25, 0.3) is 10.8 Å². The lowest BCUT2D eigenvalue weighted by atomic mass is 10.1. The molecule has 10 nitrogen and oxygen atoms in total. The average Bonchev–Trinajstić information content (AvgIpc) is 2.95. The zero-order valence-electron chi connectivity index (χ0n) is 21.8. The zero-order chi connectivity index (χ0) is 28.6. The molecular formula is C27H29F3N6O4. The predicted molar refractivity (Wildman–Crippen MR) is 141 cm³/mol. The molecule has 2 aromatic carbocycles. The minimum Gasteiger partial charge on any atom is -0.447 e. The second-order valence-electron chi connectivity index (χ2n) is 9.26. The van der Waals surface area contributed by atoms with Crippen molar-refractivity contribution in [3.8, 4) is 0 Å². The van der Waals surface area contributed by atoms with E-state index >= 15 is 0 Å². The van der Waals surface area contributed by atoms with Gasteiger partial charge in [-0.15, -0.1) is 0 Å². The second kappa shape index (κ2) is 13.1. The Morgan fingerprint density at radius 2 is 1.88 bits per heavy atom. The minimum atomic E-state index is -1.07. The van der Waals surface area contributed by atoms with E-state index in [0.29, 0.717) is 37.0 Å². The first-order valence-electron chi connectivity index (χ1n) is 12.6. The van der Waals surface area contributed by atoms with E-state index in [9.17, 15) is 27.6 Å². The highest BCUT2D eigenvalue weighted by molar-refractivity contribution is 5.89. The number of aromatic nitrogens is 1. The molecule has 13 heteroatoms. The number of pyridine rings is 1. The van der Waals surface area contributed by atoms with Gasteiger partial charge in [0.1, 0.15) is 18.2 Å². The van der Waals surface area contributed by atoms with Gasteiger partial charge in [0.25, 0.3) is 0 Å². The summed E-state index contributed by atoms with van der Waals surface area (Å²) in [6.45, 7) is 1.62. The van der Waals surface area contributed by atoms with Crippen LogP contribution in [0.1, 0.15) is 12.0 Å². The smallest absolute Gasteiger partial charge is 0.412 e. The summed E-state index contributed by atoms with van der Waals surface area (Å²) in [7, 11) is 1.41. The maximum Gasteiger partial charge on any atom is 0.412 e. The van der Waals surface area contributed by atoms with Gasteiger partial charge in [-0.2, -0.15) is 0 Å². The van der Waals surface area contributed by atoms with Crippen LogP contribution in [0.3, 0.4) is 0 Å². The molecule has 4 amide bonds. The number of nitrogens with one attached hydrogen (secondary N) is 3. The number of rotatable bonds is 8. The van der Waals surface area contributed by atoms with Gasteiger partial charge in [0.15, 0.2) is 11.6 Å². The molecule has 0 saturated carbocycles. The molecule has 1 aromatic heterocycles. The zero-order valence-corrected chi connectivity index (χ0v) is 21.8. The number of carbonyl (C=O) groups is 3. The van der Waals surface area contributed by atoms with Crippen molar-refractivity contribution in [2.24, 2.45) is 0 Å². The largest absolute Gasteiger partial charge is 0.447 e. The minimum absolute atomic E-state index is 0.0476. The number of amides is 4. The Hall–Kier alpha value is -4.39. The Morgan fingerprint density at radius 3 is 2.65 bits per heavy atom. The van der Waals surface area contributed by atoms with Crippen LogP contribution >= 0.6 is 0 Å². The highest BCUT2D eigenvalue weighted by Crippen LogP contribution is 2.18. The lowest BCUT2D eigenvalue weighted by Crippen LogP contribution is -2.51. The van der Waals surface area contributed by atoms with Crippen molar-refractivity contribution in [1.82, 2.24) is 25.4 Å². The summed E-state index contributed by atoms with van der Waals surface area (Å²) in [5.74, 6) is -2.65. The molecule has 1 fully saturated rings. The number of hydrogen-bond donors (Lipinski definition) is 3. The van der Waals surface area contributed by atoms with Crippen LogP contribution < -0.4 is 16.0 Å². The highest BCUT2D eigenvalue weighted by atomic mass is 19.2. The number of hydrogen-bond acceptors (Lipinski definition) is 6. The third kappa shape index (κ3) is 7.38. The molecule has 0 unspecified atom stereocenters. The predicted octanol–water partition coefficient (Wildman–Crippen LogP) is 3.23. The molecule has 0 radical (unpaired) electrons. The Balaban J connectivity index is 1.40. The third-order valence-electron chi connectivity index (χ3n) is 6.53. The number of anilines is 1. The quantitative estimate of drug-likeness (QED) is 0.391. The van der Waals surface area contributed by atoms with Crippen molar-refractivity contribution in [3.05, 3.63) is 71.7 Å². The Morgan fingerprint density at radius 1 is 1.10 bits per heavy atom. The lowest BCUT2D eigenvalue weighted by Gasteiger charge is -2.32. The summed E-state index contributed by atoms with van der Waals surface area (Å²) in [6, 6.07) is 7.73. The van der Waals surface area contributed by atoms with Gasteiger partial charge in [-0.05, 0) is 35.7 Å². The van der Waals surface area contributed by atoms with Crippen molar-refractivity contribution in [1.29, 1.82) is 0 Å². The fourth-order valence-electron chi connectivity index (χ4n) is 4.19. The SMILES string of the molecule is CN(C(=O)NCc1cccc(F)c1F)[C@H](COC(=O)Nc1cc2cc(F)ccc2cn1)CC(=O)N1CCNCC1. The van der Waals surface area contributed by atoms with Gasteiger partial charge in [0, 0.05) is 56.9 Å². The number of carbonyl (C=O) groups excluding carboxylic acids is 3. The number of benzene rings is 2. The fourth-order valence-corrected chi connectivity index (χ4v) is 4.19. The number of fused-ring (bicyclic) bond motifs is 1. The topological polar surface area (TPSA) is 116 Å². The number of piperazine rings is 1. The summed E-state index contributed by atoms with van der Waals surface area (Å²) in [4.78, 5) is 45.3. The molecule has 0 spiro atoms. The van der Waals surface area contributed by atoms with Crippen LogP contribution in [-0.2, 0) is 16.1 Å². The first-order chi connectivity index (χ1) is 19.2. The van der Waals surface area contributed by atoms with Gasteiger partial charge in [0.2, 0.25) is 5.91 Å². The van der Waals surface area contributed by atoms with Crippen LogP contribution in [0.2, 0.25) is 0 Å². The summed E-state index contributed by atoms with van der Waals surface area (Å²) in [5, 5.41) is 9.31. The van der Waals surface area contributed by atoms with Gasteiger partial charge in [-0.3, -0.25) is 10.1 Å². The summed E-state index contributed by atoms with van der Waals surface area (Å²) in [6.07, 6.45) is 0.441. The molecule has 0 aliphatic carbocycles. The number of halogens is 3.